The molecule has 158 valence electrons. The zero-order chi connectivity index (χ0) is 22.5. The number of rotatable bonds is 3. The van der Waals surface area contributed by atoms with Crippen LogP contribution in [0.4, 0.5) is 11.5 Å². The van der Waals surface area contributed by atoms with E-state index < -0.39 is 16.9 Å². The van der Waals surface area contributed by atoms with Crippen LogP contribution in [0.5, 0.6) is 0 Å². The van der Waals surface area contributed by atoms with Gasteiger partial charge in [-0.05, 0) is 17.9 Å². The van der Waals surface area contributed by atoms with Crippen LogP contribution in [0.3, 0.4) is 0 Å². The zero-order valence-corrected chi connectivity index (χ0v) is 17.9. The number of H-pyrrole nitrogens is 1. The van der Waals surface area contributed by atoms with E-state index in [-0.39, 0.29) is 29.3 Å². The summed E-state index contributed by atoms with van der Waals surface area (Å²) in [5, 5.41) is 13.3. The molecule has 3 aromatic rings. The number of nitrogens with one attached hydrogen (secondary N) is 2. The smallest absolute Gasteiger partial charge is 0.258 e. The number of benzene rings is 2. The molecule has 1 amide bonds. The molecule has 8 nitrogen and oxygen atoms in total. The first-order valence-corrected chi connectivity index (χ1v) is 11.1. The second kappa shape index (κ2) is 7.28. The highest BCUT2D eigenvalue weighted by molar-refractivity contribution is 7.98. The summed E-state index contributed by atoms with van der Waals surface area (Å²) in [5.41, 5.74) is 6.21. The van der Waals surface area contributed by atoms with Crippen LogP contribution in [-0.2, 0) is 16.8 Å². The first kappa shape index (κ1) is 19.9. The summed E-state index contributed by atoms with van der Waals surface area (Å²) >= 11 is 1.26. The second-order valence-electron chi connectivity index (χ2n) is 7.47. The minimum atomic E-state index is -1.68. The summed E-state index contributed by atoms with van der Waals surface area (Å²) in [7, 11) is 0. The fraction of sp³-hybridized carbons (Fsp3) is 0.130. The number of nitriles is 1. The molecule has 2 aliphatic rings. The van der Waals surface area contributed by atoms with Crippen LogP contribution in [0.15, 0.2) is 75.9 Å². The minimum absolute atomic E-state index is 0.00914. The third-order valence-electron chi connectivity index (χ3n) is 5.82. The lowest BCUT2D eigenvalue weighted by atomic mass is 9.69. The van der Waals surface area contributed by atoms with E-state index in [1.165, 1.54) is 11.8 Å². The molecule has 0 aliphatic carbocycles. The van der Waals surface area contributed by atoms with E-state index in [1.54, 1.807) is 23.3 Å². The Bertz CT molecular complexity index is 1390. The average Bonchev–Trinajstić information content (AvgIpc) is 3.03. The molecule has 4 N–H and O–H groups in total. The second-order valence-corrected chi connectivity index (χ2v) is 8.26. The Kier molecular flexibility index (Phi) is 4.53. The molecule has 0 saturated heterocycles. The molecule has 0 radical (unpaired) electrons. The Hall–Kier alpha value is -4.03. The van der Waals surface area contributed by atoms with E-state index in [1.807, 2.05) is 42.5 Å². The highest BCUT2D eigenvalue weighted by atomic mass is 32.2. The molecule has 9 heteroatoms. The highest BCUT2D eigenvalue weighted by Crippen LogP contribution is 2.53. The predicted octanol–water partition coefficient (Wildman–Crippen LogP) is 2.44. The number of amides is 1. The SMILES string of the molecule is CSc1nc2c(c(=O)[nH]1)[C@@]1(C(=O)N(Cc3ccccc3)c3ccccc31)C(C#N)=C(N)N2. The molecule has 1 spiro atoms. The predicted molar refractivity (Wildman–Crippen MR) is 122 cm³/mol. The van der Waals surface area contributed by atoms with Crippen LogP contribution in [0, 0.1) is 11.3 Å². The van der Waals surface area contributed by atoms with E-state index in [2.05, 4.69) is 21.4 Å². The first-order chi connectivity index (χ1) is 15.5. The summed E-state index contributed by atoms with van der Waals surface area (Å²) in [6.45, 7) is 0.286. The number of aromatic amines is 1. The average molecular weight is 443 g/mol. The van der Waals surface area contributed by atoms with Gasteiger partial charge >= 0.3 is 0 Å². The van der Waals surface area contributed by atoms with Crippen LogP contribution in [0.2, 0.25) is 0 Å². The van der Waals surface area contributed by atoms with Crippen LogP contribution < -0.4 is 21.5 Å². The largest absolute Gasteiger partial charge is 0.384 e. The van der Waals surface area contributed by atoms with Gasteiger partial charge in [0.1, 0.15) is 23.1 Å². The quantitative estimate of drug-likeness (QED) is 0.420. The summed E-state index contributed by atoms with van der Waals surface area (Å²) in [6.07, 6.45) is 1.78. The van der Waals surface area contributed by atoms with Crippen molar-refractivity contribution in [2.75, 3.05) is 16.5 Å². The maximum absolute atomic E-state index is 14.2. The number of nitrogens with zero attached hydrogens (tertiary/aromatic N) is 3. The third-order valence-corrected chi connectivity index (χ3v) is 6.40. The number of para-hydroxylation sites is 1. The normalized spacial score (nSPS) is 18.9. The molecule has 0 bridgehead atoms. The van der Waals surface area contributed by atoms with Crippen LogP contribution in [-0.4, -0.2) is 22.1 Å². The summed E-state index contributed by atoms with van der Waals surface area (Å²) in [5.74, 6) is -0.219. The van der Waals surface area contributed by atoms with E-state index >= 15 is 0 Å². The van der Waals surface area contributed by atoms with Crippen molar-refractivity contribution < 1.29 is 4.79 Å². The summed E-state index contributed by atoms with van der Waals surface area (Å²) < 4.78 is 0. The lowest BCUT2D eigenvalue weighted by Gasteiger charge is -2.34. The number of carbonyl (C=O) groups excluding carboxylic acids is 1. The Morgan fingerprint density at radius 3 is 2.59 bits per heavy atom. The van der Waals surface area contributed by atoms with E-state index in [0.717, 1.165) is 5.56 Å². The minimum Gasteiger partial charge on any atom is -0.384 e. The van der Waals surface area contributed by atoms with Gasteiger partial charge in [-0.15, -0.1) is 0 Å². The Balaban J connectivity index is 1.83. The summed E-state index contributed by atoms with van der Waals surface area (Å²) in [4.78, 5) is 36.3. The third kappa shape index (κ3) is 2.60. The first-order valence-electron chi connectivity index (χ1n) is 9.84. The number of nitrogens with two attached hydrogens (primary N) is 1. The van der Waals surface area contributed by atoms with Crippen molar-refractivity contribution in [1.82, 2.24) is 9.97 Å². The number of thioether (sulfide) groups is 1. The van der Waals surface area contributed by atoms with Crippen molar-refractivity contribution >= 4 is 29.2 Å². The van der Waals surface area contributed by atoms with E-state index in [4.69, 9.17) is 5.73 Å². The Labute approximate surface area is 187 Å². The Morgan fingerprint density at radius 1 is 1.16 bits per heavy atom. The zero-order valence-electron chi connectivity index (χ0n) is 17.0. The van der Waals surface area contributed by atoms with E-state index in [0.29, 0.717) is 16.4 Å². The van der Waals surface area contributed by atoms with Crippen molar-refractivity contribution in [3.05, 3.63) is 93.0 Å². The molecule has 32 heavy (non-hydrogen) atoms. The number of carbonyl (C=O) groups is 1. The topological polar surface area (TPSA) is 128 Å². The van der Waals surface area contributed by atoms with Crippen LogP contribution in [0.1, 0.15) is 16.7 Å². The maximum Gasteiger partial charge on any atom is 0.258 e. The van der Waals surface area contributed by atoms with Gasteiger partial charge in [0.25, 0.3) is 5.56 Å². The fourth-order valence-corrected chi connectivity index (χ4v) is 4.89. The van der Waals surface area contributed by atoms with Gasteiger partial charge in [0.15, 0.2) is 5.16 Å². The lowest BCUT2D eigenvalue weighted by molar-refractivity contribution is -0.120. The standard InChI is InChI=1S/C23H18N6O2S/c1-32-22-27-19-17(20(30)28-22)23(15(11-24)18(25)26-19)14-9-5-6-10-16(14)29(21(23)31)12-13-7-3-2-4-8-13/h2-10H,12,25H2,1H3,(H2,26,27,28,30)/t23-/m0/s1. The van der Waals surface area contributed by atoms with Crippen molar-refractivity contribution in [2.24, 2.45) is 5.73 Å². The molecule has 3 heterocycles. The van der Waals surface area contributed by atoms with Gasteiger partial charge in [0, 0.05) is 11.3 Å². The summed E-state index contributed by atoms with van der Waals surface area (Å²) in [6, 6.07) is 18.8. The molecule has 0 saturated carbocycles. The molecule has 0 fully saturated rings. The molecule has 1 aromatic heterocycles. The number of anilines is 2. The monoisotopic (exact) mass is 442 g/mol. The molecular weight excluding hydrogens is 424 g/mol. The maximum atomic E-state index is 14.2. The lowest BCUT2D eigenvalue weighted by Crippen LogP contribution is -2.49. The van der Waals surface area contributed by atoms with Gasteiger partial charge in [-0.2, -0.15) is 5.26 Å². The van der Waals surface area contributed by atoms with Crippen molar-refractivity contribution in [3.63, 3.8) is 0 Å². The van der Waals surface area contributed by atoms with Crippen LogP contribution in [0.25, 0.3) is 0 Å². The molecule has 1 atom stereocenters. The van der Waals surface area contributed by atoms with Crippen molar-refractivity contribution in [2.45, 2.75) is 17.1 Å². The van der Waals surface area contributed by atoms with Gasteiger partial charge in [-0.25, -0.2) is 4.98 Å². The molecule has 2 aromatic carbocycles. The number of fused-ring (bicyclic) bond motifs is 4. The molecule has 2 aliphatic heterocycles. The van der Waals surface area contributed by atoms with Gasteiger partial charge in [0.2, 0.25) is 5.91 Å². The molecule has 5 rings (SSSR count). The van der Waals surface area contributed by atoms with Crippen molar-refractivity contribution in [3.8, 4) is 6.07 Å². The highest BCUT2D eigenvalue weighted by Gasteiger charge is 2.60. The van der Waals surface area contributed by atoms with Gasteiger partial charge in [-0.1, -0.05) is 60.3 Å². The van der Waals surface area contributed by atoms with Gasteiger partial charge in [-0.3, -0.25) is 9.59 Å². The molecular formula is C23H18N6O2S. The number of hydrogen-bond acceptors (Lipinski definition) is 7. The fourth-order valence-electron chi connectivity index (χ4n) is 4.51. The number of aromatic nitrogens is 2. The Morgan fingerprint density at radius 2 is 1.88 bits per heavy atom. The van der Waals surface area contributed by atoms with E-state index in [9.17, 15) is 14.9 Å². The van der Waals surface area contributed by atoms with Gasteiger partial charge in [0.05, 0.1) is 17.7 Å². The van der Waals surface area contributed by atoms with Gasteiger partial charge < -0.3 is 20.9 Å². The number of hydrogen-bond donors (Lipinski definition) is 3. The molecule has 0 unspecified atom stereocenters. The van der Waals surface area contributed by atoms with Crippen molar-refractivity contribution in [1.29, 1.82) is 5.26 Å². The van der Waals surface area contributed by atoms with Crippen LogP contribution >= 0.6 is 11.8 Å².